The molecule has 160 valence electrons. The molecule has 0 fully saturated rings. The largest absolute Gasteiger partial charge is 0.348 e. The Labute approximate surface area is 181 Å². The minimum Gasteiger partial charge on any atom is -0.348 e. The van der Waals surface area contributed by atoms with Crippen molar-refractivity contribution >= 4 is 22.8 Å². The minimum absolute atomic E-state index is 0.0252. The summed E-state index contributed by atoms with van der Waals surface area (Å²) >= 11 is 0. The zero-order valence-corrected chi connectivity index (χ0v) is 17.4. The highest BCUT2D eigenvalue weighted by Crippen LogP contribution is 2.21. The van der Waals surface area contributed by atoms with Gasteiger partial charge in [0.15, 0.2) is 11.2 Å². The van der Waals surface area contributed by atoms with Gasteiger partial charge in [-0.1, -0.05) is 19.1 Å². The second kappa shape index (κ2) is 6.91. The molecule has 0 bridgehead atoms. The lowest BCUT2D eigenvalue weighted by molar-refractivity contribution is 0.0965. The summed E-state index contributed by atoms with van der Waals surface area (Å²) in [5, 5.41) is 7.29. The van der Waals surface area contributed by atoms with Gasteiger partial charge in [-0.25, -0.2) is 9.97 Å². The van der Waals surface area contributed by atoms with Crippen LogP contribution in [0.2, 0.25) is 0 Å². The number of rotatable bonds is 5. The number of H-pyrrole nitrogens is 1. The number of amides is 1. The third-order valence-corrected chi connectivity index (χ3v) is 5.79. The Morgan fingerprint density at radius 1 is 1.22 bits per heavy atom. The average molecular weight is 428 g/mol. The van der Waals surface area contributed by atoms with Crippen LogP contribution in [0.1, 0.15) is 34.8 Å². The molecule has 0 radical (unpaired) electrons. The molecule has 1 amide bonds. The fourth-order valence-corrected chi connectivity index (χ4v) is 4.28. The molecule has 10 heteroatoms. The lowest BCUT2D eigenvalue weighted by Gasteiger charge is -2.05. The van der Waals surface area contributed by atoms with Crippen molar-refractivity contribution in [3.05, 3.63) is 70.0 Å². The van der Waals surface area contributed by atoms with E-state index in [0.717, 1.165) is 28.7 Å². The van der Waals surface area contributed by atoms with Crippen molar-refractivity contribution in [2.45, 2.75) is 33.0 Å². The zero-order chi connectivity index (χ0) is 21.8. The molecule has 5 aromatic rings. The number of aromatic nitrogens is 7. The van der Waals surface area contributed by atoms with Crippen molar-refractivity contribution in [1.29, 1.82) is 0 Å². The number of hydrogen-bond donors (Lipinski definition) is 2. The van der Waals surface area contributed by atoms with E-state index in [1.54, 1.807) is 17.0 Å². The maximum absolute atomic E-state index is 13.0. The van der Waals surface area contributed by atoms with E-state index in [-0.39, 0.29) is 11.5 Å². The molecule has 0 unspecified atom stereocenters. The van der Waals surface area contributed by atoms with Gasteiger partial charge < -0.3 is 10.3 Å². The van der Waals surface area contributed by atoms with Gasteiger partial charge in [0.05, 0.1) is 18.3 Å². The average Bonchev–Trinajstić information content (AvgIpc) is 3.57. The molecular weight excluding hydrogens is 408 g/mol. The summed E-state index contributed by atoms with van der Waals surface area (Å²) < 4.78 is 5.31. The van der Waals surface area contributed by atoms with Gasteiger partial charge in [0.25, 0.3) is 11.5 Å². The van der Waals surface area contributed by atoms with Crippen LogP contribution in [-0.4, -0.2) is 39.6 Å². The van der Waals surface area contributed by atoms with Gasteiger partial charge in [0.2, 0.25) is 5.78 Å². The van der Waals surface area contributed by atoms with Crippen molar-refractivity contribution in [3.8, 4) is 11.4 Å². The number of nitrogens with zero attached hydrogens (tertiary/aromatic N) is 6. The molecule has 32 heavy (non-hydrogen) atoms. The first-order valence-corrected chi connectivity index (χ1v) is 10.5. The fourth-order valence-electron chi connectivity index (χ4n) is 4.28. The third-order valence-electron chi connectivity index (χ3n) is 5.79. The van der Waals surface area contributed by atoms with E-state index in [9.17, 15) is 9.59 Å². The number of aryl methyl sites for hydroxylation is 1. The number of aromatic amines is 1. The first-order chi connectivity index (χ1) is 15.6. The van der Waals surface area contributed by atoms with E-state index in [0.29, 0.717) is 42.4 Å². The molecule has 0 atom stereocenters. The predicted molar refractivity (Wildman–Crippen MR) is 117 cm³/mol. The maximum Gasteiger partial charge on any atom is 0.280 e. The lowest BCUT2D eigenvalue weighted by Crippen LogP contribution is -2.23. The number of carbonyl (C=O) groups is 1. The SMILES string of the molecule is CCCn1c(=O)c2[nH]c(-c3cnn(Cc4ccc5c(c4)CNC5=O)c3)nc2n2ccnc12. The quantitative estimate of drug-likeness (QED) is 0.444. The molecule has 0 saturated carbocycles. The molecule has 0 saturated heterocycles. The second-order valence-corrected chi connectivity index (χ2v) is 7.94. The number of benzene rings is 1. The van der Waals surface area contributed by atoms with Crippen LogP contribution in [0.5, 0.6) is 0 Å². The first-order valence-electron chi connectivity index (χ1n) is 10.5. The highest BCUT2D eigenvalue weighted by molar-refractivity contribution is 5.98. The first kappa shape index (κ1) is 18.6. The Bertz CT molecular complexity index is 1570. The second-order valence-electron chi connectivity index (χ2n) is 7.94. The summed E-state index contributed by atoms with van der Waals surface area (Å²) in [7, 11) is 0. The molecule has 2 N–H and O–H groups in total. The van der Waals surface area contributed by atoms with Crippen LogP contribution in [0.4, 0.5) is 0 Å². The van der Waals surface area contributed by atoms with Crippen molar-refractivity contribution in [2.75, 3.05) is 0 Å². The maximum atomic E-state index is 13.0. The molecule has 4 aromatic heterocycles. The van der Waals surface area contributed by atoms with Crippen LogP contribution in [0.25, 0.3) is 28.3 Å². The van der Waals surface area contributed by atoms with E-state index < -0.39 is 0 Å². The monoisotopic (exact) mass is 428 g/mol. The predicted octanol–water partition coefficient (Wildman–Crippen LogP) is 1.94. The standard InChI is InChI=1S/C22H20N8O2/c1-2-6-30-21(32)17-19(29-7-5-23-22(29)30)27-18(26-17)15-10-25-28(12-15)11-13-3-4-16-14(8-13)9-24-20(16)31/h3-5,7-8,10,12H,2,6,9,11H2,1H3,(H,24,31)(H,26,27). The summed E-state index contributed by atoms with van der Waals surface area (Å²) in [5.74, 6) is 1.14. The Morgan fingerprint density at radius 2 is 2.12 bits per heavy atom. The molecular formula is C22H20N8O2. The van der Waals surface area contributed by atoms with Crippen LogP contribution in [0.3, 0.4) is 0 Å². The van der Waals surface area contributed by atoms with Gasteiger partial charge in [-0.3, -0.25) is 23.2 Å². The molecule has 6 rings (SSSR count). The summed E-state index contributed by atoms with van der Waals surface area (Å²) in [6.45, 7) is 3.74. The van der Waals surface area contributed by atoms with Crippen molar-refractivity contribution in [3.63, 3.8) is 0 Å². The smallest absolute Gasteiger partial charge is 0.280 e. The van der Waals surface area contributed by atoms with Gasteiger partial charge in [-0.2, -0.15) is 5.10 Å². The number of nitrogens with one attached hydrogen (secondary N) is 2. The molecule has 0 spiro atoms. The van der Waals surface area contributed by atoms with Crippen LogP contribution >= 0.6 is 0 Å². The number of fused-ring (bicyclic) bond motifs is 4. The van der Waals surface area contributed by atoms with Crippen molar-refractivity contribution in [1.82, 2.24) is 39.0 Å². The van der Waals surface area contributed by atoms with Crippen LogP contribution < -0.4 is 10.9 Å². The van der Waals surface area contributed by atoms with Gasteiger partial charge >= 0.3 is 0 Å². The molecule has 5 heterocycles. The van der Waals surface area contributed by atoms with Crippen LogP contribution in [0, 0.1) is 0 Å². The van der Waals surface area contributed by atoms with E-state index in [1.165, 1.54) is 0 Å². The van der Waals surface area contributed by atoms with E-state index in [4.69, 9.17) is 0 Å². The van der Waals surface area contributed by atoms with Crippen LogP contribution in [-0.2, 0) is 19.6 Å². The zero-order valence-electron chi connectivity index (χ0n) is 17.4. The van der Waals surface area contributed by atoms with Gasteiger partial charge in [0, 0.05) is 37.2 Å². The summed E-state index contributed by atoms with van der Waals surface area (Å²) in [4.78, 5) is 37.0. The highest BCUT2D eigenvalue weighted by atomic mass is 16.2. The van der Waals surface area contributed by atoms with Crippen molar-refractivity contribution in [2.24, 2.45) is 0 Å². The minimum atomic E-state index is -0.131. The molecule has 1 aliphatic rings. The number of carbonyl (C=O) groups excluding carboxylic acids is 1. The molecule has 10 nitrogen and oxygen atoms in total. The van der Waals surface area contributed by atoms with E-state index >= 15 is 0 Å². The normalized spacial score (nSPS) is 13.2. The number of hydrogen-bond acceptors (Lipinski definition) is 5. The van der Waals surface area contributed by atoms with Gasteiger partial charge in [-0.05, 0) is 23.6 Å². The topological polar surface area (TPSA) is 115 Å². The molecule has 0 aliphatic carbocycles. The van der Waals surface area contributed by atoms with Gasteiger partial charge in [-0.15, -0.1) is 0 Å². The van der Waals surface area contributed by atoms with Crippen molar-refractivity contribution < 1.29 is 4.79 Å². The lowest BCUT2D eigenvalue weighted by atomic mass is 10.1. The third kappa shape index (κ3) is 2.76. The summed E-state index contributed by atoms with van der Waals surface area (Å²) in [5.41, 5.74) is 4.45. The van der Waals surface area contributed by atoms with Crippen LogP contribution in [0.15, 0.2) is 47.8 Å². The Balaban J connectivity index is 1.36. The molecule has 1 aromatic carbocycles. The summed E-state index contributed by atoms with van der Waals surface area (Å²) in [6.07, 6.45) is 7.93. The Hall–Kier alpha value is -4.21. The highest BCUT2D eigenvalue weighted by Gasteiger charge is 2.19. The summed E-state index contributed by atoms with van der Waals surface area (Å²) in [6, 6.07) is 5.83. The number of imidazole rings is 2. The fraction of sp³-hybridized carbons (Fsp3) is 0.227. The molecule has 1 aliphatic heterocycles. The van der Waals surface area contributed by atoms with E-state index in [1.807, 2.05) is 46.6 Å². The Morgan fingerprint density at radius 3 is 3.00 bits per heavy atom. The van der Waals surface area contributed by atoms with Gasteiger partial charge in [0.1, 0.15) is 5.82 Å². The van der Waals surface area contributed by atoms with E-state index in [2.05, 4.69) is 25.4 Å². The Kier molecular flexibility index (Phi) is 4.00.